The second-order valence-electron chi connectivity index (χ2n) is 5.29. The van der Waals surface area contributed by atoms with Gasteiger partial charge in [-0.2, -0.15) is 0 Å². The van der Waals surface area contributed by atoms with E-state index >= 15 is 0 Å². The van der Waals surface area contributed by atoms with E-state index in [4.69, 9.17) is 5.11 Å². The number of hydrogen-bond acceptors (Lipinski definition) is 3. The SMILES string of the molecule is Cc1ccc(S(=O)(=O)NCC(C(=O)O)C(C)C)cc1C. The number of aryl methyl sites for hydroxylation is 2. The molecular formula is C14H21NO4S. The summed E-state index contributed by atoms with van der Waals surface area (Å²) in [5, 5.41) is 9.06. The Hall–Kier alpha value is -1.40. The van der Waals surface area contributed by atoms with Gasteiger partial charge in [0.15, 0.2) is 0 Å². The summed E-state index contributed by atoms with van der Waals surface area (Å²) in [5.74, 6) is -1.88. The van der Waals surface area contributed by atoms with Crippen LogP contribution in [0, 0.1) is 25.7 Å². The van der Waals surface area contributed by atoms with Crippen LogP contribution in [0.2, 0.25) is 0 Å². The van der Waals surface area contributed by atoms with Crippen LogP contribution < -0.4 is 4.72 Å². The van der Waals surface area contributed by atoms with Gasteiger partial charge in [-0.25, -0.2) is 13.1 Å². The Labute approximate surface area is 120 Å². The number of nitrogens with one attached hydrogen (secondary N) is 1. The molecule has 1 atom stereocenters. The van der Waals surface area contributed by atoms with Crippen LogP contribution in [-0.2, 0) is 14.8 Å². The molecule has 1 rings (SSSR count). The maximum absolute atomic E-state index is 12.1. The lowest BCUT2D eigenvalue weighted by atomic mass is 9.97. The fourth-order valence-electron chi connectivity index (χ4n) is 1.77. The first-order chi connectivity index (χ1) is 9.15. The summed E-state index contributed by atoms with van der Waals surface area (Å²) in [6.45, 7) is 7.13. The molecule has 0 heterocycles. The molecular weight excluding hydrogens is 278 g/mol. The molecule has 20 heavy (non-hydrogen) atoms. The number of carbonyl (C=O) groups is 1. The van der Waals surface area contributed by atoms with Gasteiger partial charge in [0, 0.05) is 6.54 Å². The van der Waals surface area contributed by atoms with Crippen LogP contribution in [0.4, 0.5) is 0 Å². The largest absolute Gasteiger partial charge is 0.481 e. The van der Waals surface area contributed by atoms with Crippen molar-refractivity contribution < 1.29 is 18.3 Å². The average molecular weight is 299 g/mol. The van der Waals surface area contributed by atoms with Crippen molar-refractivity contribution in [2.45, 2.75) is 32.6 Å². The highest BCUT2D eigenvalue weighted by Crippen LogP contribution is 2.16. The Morgan fingerprint density at radius 3 is 2.30 bits per heavy atom. The van der Waals surface area contributed by atoms with Gasteiger partial charge in [0.2, 0.25) is 10.0 Å². The third-order valence-corrected chi connectivity index (χ3v) is 4.83. The van der Waals surface area contributed by atoms with Crippen LogP contribution in [0.3, 0.4) is 0 Å². The quantitative estimate of drug-likeness (QED) is 0.841. The predicted molar refractivity (Wildman–Crippen MR) is 77.1 cm³/mol. The van der Waals surface area contributed by atoms with E-state index in [0.717, 1.165) is 11.1 Å². The van der Waals surface area contributed by atoms with Gasteiger partial charge in [-0.15, -0.1) is 0 Å². The normalized spacial score (nSPS) is 13.4. The minimum atomic E-state index is -3.67. The second kappa shape index (κ2) is 6.37. The number of rotatable bonds is 6. The molecule has 1 aromatic rings. The number of aliphatic carboxylic acids is 1. The molecule has 0 aromatic heterocycles. The fraction of sp³-hybridized carbons (Fsp3) is 0.500. The van der Waals surface area contributed by atoms with E-state index in [1.54, 1.807) is 26.0 Å². The summed E-state index contributed by atoms with van der Waals surface area (Å²) in [4.78, 5) is 11.2. The number of carboxylic acids is 1. The third-order valence-electron chi connectivity index (χ3n) is 3.40. The first-order valence-electron chi connectivity index (χ1n) is 6.45. The van der Waals surface area contributed by atoms with E-state index in [0.29, 0.717) is 0 Å². The van der Waals surface area contributed by atoms with Crippen molar-refractivity contribution >= 4 is 16.0 Å². The van der Waals surface area contributed by atoms with Gasteiger partial charge in [0.05, 0.1) is 10.8 Å². The highest BCUT2D eigenvalue weighted by molar-refractivity contribution is 7.89. The number of hydrogen-bond donors (Lipinski definition) is 2. The van der Waals surface area contributed by atoms with Crippen LogP contribution in [-0.4, -0.2) is 26.0 Å². The number of benzene rings is 1. The maximum Gasteiger partial charge on any atom is 0.308 e. The Morgan fingerprint density at radius 1 is 1.25 bits per heavy atom. The van der Waals surface area contributed by atoms with Crippen LogP contribution in [0.5, 0.6) is 0 Å². The Kier molecular flexibility index (Phi) is 5.30. The summed E-state index contributed by atoms with van der Waals surface area (Å²) in [7, 11) is -3.67. The Bertz CT molecular complexity index is 593. The molecule has 1 aromatic carbocycles. The van der Waals surface area contributed by atoms with Crippen LogP contribution in [0.1, 0.15) is 25.0 Å². The lowest BCUT2D eigenvalue weighted by molar-refractivity contribution is -0.142. The highest BCUT2D eigenvalue weighted by Gasteiger charge is 2.24. The summed E-state index contributed by atoms with van der Waals surface area (Å²) in [6, 6.07) is 4.85. The van der Waals surface area contributed by atoms with E-state index in [9.17, 15) is 13.2 Å². The second-order valence-corrected chi connectivity index (χ2v) is 7.05. The van der Waals surface area contributed by atoms with Crippen molar-refractivity contribution in [1.82, 2.24) is 4.72 Å². The van der Waals surface area contributed by atoms with Crippen LogP contribution in [0.25, 0.3) is 0 Å². The van der Waals surface area contributed by atoms with Gasteiger partial charge in [-0.05, 0) is 43.0 Å². The molecule has 0 saturated carbocycles. The first-order valence-corrected chi connectivity index (χ1v) is 7.93. The molecule has 1 unspecified atom stereocenters. The molecule has 0 aliphatic heterocycles. The molecule has 0 amide bonds. The lowest BCUT2D eigenvalue weighted by Gasteiger charge is -2.17. The number of sulfonamides is 1. The van der Waals surface area contributed by atoms with Gasteiger partial charge in [-0.3, -0.25) is 4.79 Å². The zero-order valence-corrected chi connectivity index (χ0v) is 13.0. The van der Waals surface area contributed by atoms with E-state index < -0.39 is 21.9 Å². The predicted octanol–water partition coefficient (Wildman–Crippen LogP) is 1.94. The summed E-state index contributed by atoms with van der Waals surface area (Å²) in [6.07, 6.45) is 0. The molecule has 0 aliphatic rings. The molecule has 0 aliphatic carbocycles. The highest BCUT2D eigenvalue weighted by atomic mass is 32.2. The van der Waals surface area contributed by atoms with Crippen molar-refractivity contribution in [1.29, 1.82) is 0 Å². The summed E-state index contributed by atoms with van der Waals surface area (Å²) in [5.41, 5.74) is 1.89. The van der Waals surface area contributed by atoms with Crippen molar-refractivity contribution in [2.75, 3.05) is 6.54 Å². The van der Waals surface area contributed by atoms with Crippen molar-refractivity contribution in [3.63, 3.8) is 0 Å². The average Bonchev–Trinajstić information content (AvgIpc) is 2.31. The van der Waals surface area contributed by atoms with Gasteiger partial charge < -0.3 is 5.11 Å². The van der Waals surface area contributed by atoms with Gasteiger partial charge in [0.1, 0.15) is 0 Å². The monoisotopic (exact) mass is 299 g/mol. The van der Waals surface area contributed by atoms with Crippen molar-refractivity contribution in [2.24, 2.45) is 11.8 Å². The molecule has 0 saturated heterocycles. The van der Waals surface area contributed by atoms with Crippen molar-refractivity contribution in [3.05, 3.63) is 29.3 Å². The summed E-state index contributed by atoms with van der Waals surface area (Å²) >= 11 is 0. The number of carboxylic acid groups (broad SMARTS) is 1. The molecule has 0 radical (unpaired) electrons. The van der Waals surface area contributed by atoms with E-state index in [2.05, 4.69) is 4.72 Å². The van der Waals surface area contributed by atoms with Crippen LogP contribution in [0.15, 0.2) is 23.1 Å². The smallest absolute Gasteiger partial charge is 0.308 e. The molecule has 0 spiro atoms. The van der Waals surface area contributed by atoms with E-state index in [-0.39, 0.29) is 17.4 Å². The van der Waals surface area contributed by atoms with Gasteiger partial charge in [0.25, 0.3) is 0 Å². The molecule has 2 N–H and O–H groups in total. The first kappa shape index (κ1) is 16.7. The lowest BCUT2D eigenvalue weighted by Crippen LogP contribution is -2.35. The molecule has 0 fully saturated rings. The van der Waals surface area contributed by atoms with Crippen molar-refractivity contribution in [3.8, 4) is 0 Å². The Morgan fingerprint density at radius 2 is 1.85 bits per heavy atom. The molecule has 6 heteroatoms. The molecule has 5 nitrogen and oxygen atoms in total. The molecule has 0 bridgehead atoms. The standard InChI is InChI=1S/C14H21NO4S/c1-9(2)13(14(16)17)8-15-20(18,19)12-6-5-10(3)11(4)7-12/h5-7,9,13,15H,8H2,1-4H3,(H,16,17). The summed E-state index contributed by atoms with van der Waals surface area (Å²) < 4.78 is 26.7. The minimum absolute atomic E-state index is 0.109. The van der Waals surface area contributed by atoms with Crippen LogP contribution >= 0.6 is 0 Å². The van der Waals surface area contributed by atoms with Gasteiger partial charge in [-0.1, -0.05) is 19.9 Å². The fourth-order valence-corrected chi connectivity index (χ4v) is 2.92. The van der Waals surface area contributed by atoms with Gasteiger partial charge >= 0.3 is 5.97 Å². The van der Waals surface area contributed by atoms with E-state index in [1.807, 2.05) is 13.8 Å². The zero-order valence-electron chi connectivity index (χ0n) is 12.2. The maximum atomic E-state index is 12.1. The minimum Gasteiger partial charge on any atom is -0.481 e. The van der Waals surface area contributed by atoms with E-state index in [1.165, 1.54) is 6.07 Å². The zero-order chi connectivity index (χ0) is 15.5. The topological polar surface area (TPSA) is 83.5 Å². The Balaban J connectivity index is 2.89. The third kappa shape index (κ3) is 4.05. The molecule has 112 valence electrons.